The number of hydrogen-bond donors (Lipinski definition) is 1. The highest BCUT2D eigenvalue weighted by Crippen LogP contribution is 2.13. The van der Waals surface area contributed by atoms with Gasteiger partial charge in [-0.15, -0.1) is 10.2 Å². The number of aromatic hydroxyl groups is 1. The fourth-order valence-electron chi connectivity index (χ4n) is 1.70. The summed E-state index contributed by atoms with van der Waals surface area (Å²) in [7, 11) is 0. The zero-order valence-electron chi connectivity index (χ0n) is 8.98. The van der Waals surface area contributed by atoms with E-state index in [9.17, 15) is 5.11 Å². The summed E-state index contributed by atoms with van der Waals surface area (Å²) in [5.41, 5.74) is 1.80. The maximum absolute atomic E-state index is 9.21. The molecule has 1 aromatic carbocycles. The summed E-state index contributed by atoms with van der Waals surface area (Å²) in [5.74, 6) is 1.05. The summed E-state index contributed by atoms with van der Waals surface area (Å²) in [6.45, 7) is 0. The second-order valence-corrected chi connectivity index (χ2v) is 3.75. The molecule has 1 N–H and O–H groups in total. The summed E-state index contributed by atoms with van der Waals surface area (Å²) in [5, 5.41) is 21.5. The van der Waals surface area contributed by atoms with Gasteiger partial charge in [-0.2, -0.15) is 9.61 Å². The molecule has 0 fully saturated rings. The van der Waals surface area contributed by atoms with Gasteiger partial charge in [0.05, 0.1) is 0 Å². The number of fused-ring (bicyclic) bond motifs is 1. The molecule has 0 atom stereocenters. The third-order valence-electron chi connectivity index (χ3n) is 2.54. The Morgan fingerprint density at radius 1 is 1.06 bits per heavy atom. The van der Waals surface area contributed by atoms with Gasteiger partial charge in [0.25, 0.3) is 0 Å². The minimum Gasteiger partial charge on any atom is -0.508 e. The van der Waals surface area contributed by atoms with Crippen molar-refractivity contribution in [3.63, 3.8) is 0 Å². The molecule has 3 aromatic rings. The summed E-state index contributed by atoms with van der Waals surface area (Å²) < 4.78 is 1.72. The van der Waals surface area contributed by atoms with Crippen LogP contribution in [-0.4, -0.2) is 24.9 Å². The number of phenolic OH excluding ortho intramolecular Hbond substituents is 1. The fourth-order valence-corrected chi connectivity index (χ4v) is 1.70. The van der Waals surface area contributed by atoms with Crippen LogP contribution in [0.5, 0.6) is 5.75 Å². The highest BCUT2D eigenvalue weighted by atomic mass is 16.3. The van der Waals surface area contributed by atoms with Gasteiger partial charge < -0.3 is 5.11 Å². The fraction of sp³-hybridized carbons (Fsp3) is 0.0833. The molecule has 0 spiro atoms. The van der Waals surface area contributed by atoms with E-state index in [1.807, 2.05) is 24.3 Å². The molecular formula is C12H10N4O. The van der Waals surface area contributed by atoms with Crippen molar-refractivity contribution in [1.29, 1.82) is 0 Å². The Morgan fingerprint density at radius 2 is 1.88 bits per heavy atom. The molecule has 0 bridgehead atoms. The Bertz CT molecular complexity index is 645. The van der Waals surface area contributed by atoms with Crippen molar-refractivity contribution in [2.45, 2.75) is 6.42 Å². The van der Waals surface area contributed by atoms with Crippen molar-refractivity contribution in [2.24, 2.45) is 0 Å². The number of phenols is 1. The standard InChI is InChI=1S/C12H10N4O/c17-10-5-3-9(4-6-10)8-12-15-14-11-2-1-7-13-16(11)12/h1-7,17H,8H2. The molecule has 17 heavy (non-hydrogen) atoms. The first-order chi connectivity index (χ1) is 8.33. The van der Waals surface area contributed by atoms with Gasteiger partial charge in [0, 0.05) is 12.6 Å². The van der Waals surface area contributed by atoms with Crippen LogP contribution in [0.4, 0.5) is 0 Å². The van der Waals surface area contributed by atoms with Gasteiger partial charge in [0.1, 0.15) is 5.75 Å². The first-order valence-corrected chi connectivity index (χ1v) is 5.26. The van der Waals surface area contributed by atoms with Crippen LogP contribution in [0.15, 0.2) is 42.6 Å². The van der Waals surface area contributed by atoms with Crippen LogP contribution < -0.4 is 0 Å². The molecule has 2 heterocycles. The second-order valence-electron chi connectivity index (χ2n) is 3.75. The van der Waals surface area contributed by atoms with Crippen LogP contribution in [-0.2, 0) is 6.42 Å². The molecule has 2 aromatic heterocycles. The monoisotopic (exact) mass is 226 g/mol. The molecular weight excluding hydrogens is 216 g/mol. The number of benzene rings is 1. The zero-order chi connectivity index (χ0) is 11.7. The lowest BCUT2D eigenvalue weighted by Gasteiger charge is -1.99. The Labute approximate surface area is 97.4 Å². The molecule has 0 aliphatic rings. The predicted molar refractivity (Wildman–Crippen MR) is 61.7 cm³/mol. The van der Waals surface area contributed by atoms with Crippen molar-refractivity contribution in [2.75, 3.05) is 0 Å². The minimum absolute atomic E-state index is 0.262. The molecule has 3 rings (SSSR count). The van der Waals surface area contributed by atoms with E-state index >= 15 is 0 Å². The van der Waals surface area contributed by atoms with Gasteiger partial charge in [-0.1, -0.05) is 12.1 Å². The Balaban J connectivity index is 1.97. The lowest BCUT2D eigenvalue weighted by Crippen LogP contribution is -1.99. The maximum Gasteiger partial charge on any atom is 0.177 e. The summed E-state index contributed by atoms with van der Waals surface area (Å²) in [6.07, 6.45) is 2.34. The molecule has 5 nitrogen and oxygen atoms in total. The number of hydrogen-bond acceptors (Lipinski definition) is 4. The smallest absolute Gasteiger partial charge is 0.177 e. The molecule has 0 aliphatic carbocycles. The second kappa shape index (κ2) is 3.86. The minimum atomic E-state index is 0.262. The third-order valence-corrected chi connectivity index (χ3v) is 2.54. The van der Waals surface area contributed by atoms with Crippen molar-refractivity contribution in [1.82, 2.24) is 19.8 Å². The molecule has 0 unspecified atom stereocenters. The van der Waals surface area contributed by atoms with Gasteiger partial charge in [-0.3, -0.25) is 0 Å². The topological polar surface area (TPSA) is 63.3 Å². The zero-order valence-corrected chi connectivity index (χ0v) is 8.98. The highest BCUT2D eigenvalue weighted by molar-refractivity contribution is 5.36. The van der Waals surface area contributed by atoms with Crippen LogP contribution in [0.1, 0.15) is 11.4 Å². The number of rotatable bonds is 2. The largest absolute Gasteiger partial charge is 0.508 e. The third kappa shape index (κ3) is 1.82. The van der Waals surface area contributed by atoms with E-state index in [2.05, 4.69) is 15.3 Å². The van der Waals surface area contributed by atoms with Gasteiger partial charge in [-0.25, -0.2) is 0 Å². The lowest BCUT2D eigenvalue weighted by molar-refractivity contribution is 0.475. The molecule has 5 heteroatoms. The maximum atomic E-state index is 9.21. The van der Waals surface area contributed by atoms with E-state index in [4.69, 9.17) is 0 Å². The average molecular weight is 226 g/mol. The van der Waals surface area contributed by atoms with Gasteiger partial charge in [-0.05, 0) is 29.8 Å². The molecule has 0 amide bonds. The number of nitrogens with zero attached hydrogens (tertiary/aromatic N) is 4. The van der Waals surface area contributed by atoms with Crippen LogP contribution in [0.2, 0.25) is 0 Å². The van der Waals surface area contributed by atoms with Crippen molar-refractivity contribution < 1.29 is 5.11 Å². The normalized spacial score (nSPS) is 10.8. The average Bonchev–Trinajstić information content (AvgIpc) is 2.76. The van der Waals surface area contributed by atoms with E-state index in [-0.39, 0.29) is 5.75 Å². The Hall–Kier alpha value is -2.43. The first-order valence-electron chi connectivity index (χ1n) is 5.26. The molecule has 0 saturated heterocycles. The Morgan fingerprint density at radius 3 is 2.71 bits per heavy atom. The van der Waals surface area contributed by atoms with Crippen LogP contribution >= 0.6 is 0 Å². The van der Waals surface area contributed by atoms with Crippen LogP contribution in [0.25, 0.3) is 5.65 Å². The number of aromatic nitrogens is 4. The van der Waals surface area contributed by atoms with E-state index in [0.717, 1.165) is 17.0 Å². The first kappa shape index (κ1) is 9.77. The van der Waals surface area contributed by atoms with Gasteiger partial charge in [0.15, 0.2) is 11.5 Å². The van der Waals surface area contributed by atoms with Gasteiger partial charge >= 0.3 is 0 Å². The van der Waals surface area contributed by atoms with E-state index < -0.39 is 0 Å². The SMILES string of the molecule is Oc1ccc(Cc2nnc3cccnn23)cc1. The predicted octanol–water partition coefficient (Wildman–Crippen LogP) is 1.42. The molecule has 0 aliphatic heterocycles. The van der Waals surface area contributed by atoms with Crippen LogP contribution in [0, 0.1) is 0 Å². The van der Waals surface area contributed by atoms with Crippen LogP contribution in [0.3, 0.4) is 0 Å². The molecule has 0 saturated carbocycles. The Kier molecular flexibility index (Phi) is 2.22. The highest BCUT2D eigenvalue weighted by Gasteiger charge is 2.06. The van der Waals surface area contributed by atoms with Crippen molar-refractivity contribution >= 4 is 5.65 Å². The van der Waals surface area contributed by atoms with E-state index in [1.165, 1.54) is 0 Å². The summed E-state index contributed by atoms with van der Waals surface area (Å²) in [4.78, 5) is 0. The summed E-state index contributed by atoms with van der Waals surface area (Å²) >= 11 is 0. The van der Waals surface area contributed by atoms with E-state index in [0.29, 0.717) is 6.42 Å². The van der Waals surface area contributed by atoms with Gasteiger partial charge in [0.2, 0.25) is 0 Å². The molecule has 0 radical (unpaired) electrons. The van der Waals surface area contributed by atoms with E-state index in [1.54, 1.807) is 22.8 Å². The quantitative estimate of drug-likeness (QED) is 0.717. The van der Waals surface area contributed by atoms with Crippen molar-refractivity contribution in [3.05, 3.63) is 54.0 Å². The lowest BCUT2D eigenvalue weighted by atomic mass is 10.1. The van der Waals surface area contributed by atoms with Crippen molar-refractivity contribution in [3.8, 4) is 5.75 Å². The molecule has 84 valence electrons. The summed E-state index contributed by atoms with van der Waals surface area (Å²) in [6, 6.07) is 10.7.